The Hall–Kier alpha value is -3.45. The average molecular weight is 432 g/mol. The molecule has 1 aromatic heterocycles. The van der Waals surface area contributed by atoms with E-state index in [1.165, 1.54) is 5.56 Å². The molecule has 0 saturated carbocycles. The van der Waals surface area contributed by atoms with Crippen molar-refractivity contribution in [3.05, 3.63) is 84.3 Å². The van der Waals surface area contributed by atoms with Crippen molar-refractivity contribution in [1.82, 2.24) is 14.5 Å². The van der Waals surface area contributed by atoms with Gasteiger partial charge in [0.2, 0.25) is 11.8 Å². The molecule has 3 aromatic rings. The summed E-state index contributed by atoms with van der Waals surface area (Å²) in [6.45, 7) is 5.17. The summed E-state index contributed by atoms with van der Waals surface area (Å²) in [5.41, 5.74) is 7.22. The van der Waals surface area contributed by atoms with Gasteiger partial charge in [-0.1, -0.05) is 60.7 Å². The lowest BCUT2D eigenvalue weighted by molar-refractivity contribution is -0.138. The molecule has 1 saturated heterocycles. The van der Waals surface area contributed by atoms with Gasteiger partial charge in [-0.25, -0.2) is 4.98 Å². The number of anilines is 1. The lowest BCUT2D eigenvalue weighted by Gasteiger charge is -2.30. The first-order chi connectivity index (χ1) is 15.4. The molecule has 2 heterocycles. The zero-order chi connectivity index (χ0) is 22.7. The highest BCUT2D eigenvalue weighted by atomic mass is 16.2. The van der Waals surface area contributed by atoms with Crippen LogP contribution < -0.4 is 11.1 Å². The maximum Gasteiger partial charge on any atom is 0.248 e. The minimum atomic E-state index is -0.830. The van der Waals surface area contributed by atoms with E-state index in [2.05, 4.69) is 22.4 Å². The van der Waals surface area contributed by atoms with Crippen LogP contribution in [0.5, 0.6) is 0 Å². The van der Waals surface area contributed by atoms with Gasteiger partial charge in [0.05, 0.1) is 6.33 Å². The number of nitrogens with zero attached hydrogens (tertiary/aromatic N) is 3. The number of carbonyl (C=O) groups excluding carboxylic acids is 2. The van der Waals surface area contributed by atoms with E-state index in [9.17, 15) is 9.59 Å². The predicted octanol–water partition coefficient (Wildman–Crippen LogP) is 3.27. The van der Waals surface area contributed by atoms with Crippen LogP contribution in [0, 0.1) is 0 Å². The molecular weight excluding hydrogens is 402 g/mol. The maximum absolute atomic E-state index is 13.3. The molecule has 1 aliphatic rings. The minimum absolute atomic E-state index is 0.0344. The normalized spacial score (nSPS) is 17.2. The number of imidazole rings is 1. The summed E-state index contributed by atoms with van der Waals surface area (Å²) in [4.78, 5) is 32.1. The summed E-state index contributed by atoms with van der Waals surface area (Å²) >= 11 is 0. The summed E-state index contributed by atoms with van der Waals surface area (Å²) in [5, 5.41) is 2.75. The third-order valence-electron chi connectivity index (χ3n) is 6.19. The number of hydrogen-bond donors (Lipinski definition) is 2. The van der Waals surface area contributed by atoms with Crippen LogP contribution in [0.3, 0.4) is 0 Å². The van der Waals surface area contributed by atoms with E-state index in [1.54, 1.807) is 17.1 Å². The van der Waals surface area contributed by atoms with Crippen molar-refractivity contribution in [1.29, 1.82) is 0 Å². The first-order valence-corrected chi connectivity index (χ1v) is 10.9. The van der Waals surface area contributed by atoms with Crippen LogP contribution in [-0.2, 0) is 15.1 Å². The molecule has 3 N–H and O–H groups in total. The zero-order valence-electron chi connectivity index (χ0n) is 18.4. The second kappa shape index (κ2) is 8.96. The number of nitrogens with one attached hydrogen (secondary N) is 1. The molecule has 0 bridgehead atoms. The molecule has 0 spiro atoms. The summed E-state index contributed by atoms with van der Waals surface area (Å²) in [6, 6.07) is 18.7. The van der Waals surface area contributed by atoms with Gasteiger partial charge in [-0.15, -0.1) is 0 Å². The Labute approximate surface area is 188 Å². The number of nitrogens with two attached hydrogens (primary N) is 1. The molecule has 1 aliphatic heterocycles. The third-order valence-corrected chi connectivity index (χ3v) is 6.19. The van der Waals surface area contributed by atoms with Crippen molar-refractivity contribution in [3.63, 3.8) is 0 Å². The van der Waals surface area contributed by atoms with Crippen molar-refractivity contribution >= 4 is 17.6 Å². The molecule has 7 heteroatoms. The Morgan fingerprint density at radius 1 is 1.09 bits per heavy atom. The maximum atomic E-state index is 13.3. The van der Waals surface area contributed by atoms with E-state index in [0.717, 1.165) is 18.5 Å². The van der Waals surface area contributed by atoms with Gasteiger partial charge in [0.25, 0.3) is 0 Å². The van der Waals surface area contributed by atoms with Gasteiger partial charge in [0.1, 0.15) is 11.6 Å². The number of rotatable bonds is 6. The lowest BCUT2D eigenvalue weighted by atomic mass is 9.98. The second-order valence-electron chi connectivity index (χ2n) is 8.75. The Morgan fingerprint density at radius 2 is 1.75 bits per heavy atom. The molecule has 1 unspecified atom stereocenters. The fraction of sp³-hybridized carbons (Fsp3) is 0.320. The van der Waals surface area contributed by atoms with Crippen LogP contribution in [0.25, 0.3) is 0 Å². The van der Waals surface area contributed by atoms with Crippen LogP contribution in [-0.4, -0.2) is 39.4 Å². The number of aromatic nitrogens is 2. The van der Waals surface area contributed by atoms with Gasteiger partial charge in [-0.3, -0.25) is 9.59 Å². The summed E-state index contributed by atoms with van der Waals surface area (Å²) < 4.78 is 1.74. The van der Waals surface area contributed by atoms with Crippen LogP contribution in [0.1, 0.15) is 43.4 Å². The number of amides is 2. The van der Waals surface area contributed by atoms with E-state index in [0.29, 0.717) is 18.3 Å². The van der Waals surface area contributed by atoms with E-state index in [1.807, 2.05) is 67.3 Å². The molecule has 0 radical (unpaired) electrons. The minimum Gasteiger partial charge on any atom is -0.340 e. The van der Waals surface area contributed by atoms with Crippen LogP contribution >= 0.6 is 0 Å². The summed E-state index contributed by atoms with van der Waals surface area (Å²) in [7, 11) is 0. The highest BCUT2D eigenvalue weighted by molar-refractivity contribution is 5.94. The fourth-order valence-corrected chi connectivity index (χ4v) is 4.15. The largest absolute Gasteiger partial charge is 0.340 e. The van der Waals surface area contributed by atoms with Crippen molar-refractivity contribution < 1.29 is 9.59 Å². The molecule has 32 heavy (non-hydrogen) atoms. The second-order valence-corrected chi connectivity index (χ2v) is 8.75. The van der Waals surface area contributed by atoms with Crippen LogP contribution in [0.15, 0.2) is 73.2 Å². The van der Waals surface area contributed by atoms with Gasteiger partial charge in [0.15, 0.2) is 5.82 Å². The molecule has 2 amide bonds. The number of carbonyl (C=O) groups is 2. The molecule has 2 aromatic carbocycles. The Kier molecular flexibility index (Phi) is 6.10. The topological polar surface area (TPSA) is 93.2 Å². The van der Waals surface area contributed by atoms with Gasteiger partial charge < -0.3 is 20.5 Å². The van der Waals surface area contributed by atoms with Crippen molar-refractivity contribution in [2.45, 2.75) is 37.8 Å². The highest BCUT2D eigenvalue weighted by Gasteiger charge is 2.37. The fourth-order valence-electron chi connectivity index (χ4n) is 4.15. The smallest absolute Gasteiger partial charge is 0.248 e. The summed E-state index contributed by atoms with van der Waals surface area (Å²) in [5.74, 6) is 0.405. The monoisotopic (exact) mass is 431 g/mol. The zero-order valence-corrected chi connectivity index (χ0v) is 18.4. The molecule has 2 atom stereocenters. The van der Waals surface area contributed by atoms with Crippen LogP contribution in [0.2, 0.25) is 0 Å². The number of likely N-dealkylation sites (tertiary alicyclic amines) is 1. The van der Waals surface area contributed by atoms with Gasteiger partial charge in [0, 0.05) is 25.2 Å². The van der Waals surface area contributed by atoms with Crippen molar-refractivity contribution in [3.8, 4) is 0 Å². The Bertz CT molecular complexity index is 1080. The molecular formula is C25H29N5O2. The first-order valence-electron chi connectivity index (χ1n) is 10.9. The quantitative estimate of drug-likeness (QED) is 0.626. The highest BCUT2D eigenvalue weighted by Crippen LogP contribution is 2.30. The molecule has 166 valence electrons. The van der Waals surface area contributed by atoms with E-state index in [-0.39, 0.29) is 11.8 Å². The average Bonchev–Trinajstić information content (AvgIpc) is 3.49. The van der Waals surface area contributed by atoms with Crippen molar-refractivity contribution in [2.75, 3.05) is 18.4 Å². The number of hydrogen-bond acceptors (Lipinski definition) is 4. The summed E-state index contributed by atoms with van der Waals surface area (Å²) in [6.07, 6.45) is 4.21. The van der Waals surface area contributed by atoms with Gasteiger partial charge in [-0.2, -0.15) is 0 Å². The van der Waals surface area contributed by atoms with Crippen molar-refractivity contribution in [2.24, 2.45) is 5.73 Å². The third kappa shape index (κ3) is 4.43. The number of benzene rings is 2. The standard InChI is InChI=1S/C25H29N5O2/c1-25(2,24(32)29-14-13-20(15-29)18-9-5-3-6-10-18)30-16-21(27-17-30)28-23(31)22(26)19-11-7-4-8-12-19/h3-12,16-17,20,22H,13-15,26H2,1-2H3,(H,28,31)/t20?,22-/m0/s1. The molecule has 4 rings (SSSR count). The predicted molar refractivity (Wildman–Crippen MR) is 124 cm³/mol. The van der Waals surface area contributed by atoms with Gasteiger partial charge >= 0.3 is 0 Å². The lowest BCUT2D eigenvalue weighted by Crippen LogP contribution is -2.45. The van der Waals surface area contributed by atoms with Crippen LogP contribution in [0.4, 0.5) is 5.82 Å². The van der Waals surface area contributed by atoms with E-state index in [4.69, 9.17) is 5.73 Å². The van der Waals surface area contributed by atoms with Gasteiger partial charge in [-0.05, 0) is 31.4 Å². The Morgan fingerprint density at radius 3 is 2.44 bits per heavy atom. The molecule has 1 fully saturated rings. The SMILES string of the molecule is CC(C)(C(=O)N1CCC(c2ccccc2)C1)n1cnc(NC(=O)[C@@H](N)c2ccccc2)c1. The Balaban J connectivity index is 1.41. The van der Waals surface area contributed by atoms with E-state index >= 15 is 0 Å². The first kappa shape index (κ1) is 21.8. The van der Waals surface area contributed by atoms with E-state index < -0.39 is 11.6 Å². The molecule has 7 nitrogen and oxygen atoms in total. The molecule has 0 aliphatic carbocycles.